The van der Waals surface area contributed by atoms with Gasteiger partial charge in [-0.1, -0.05) is 19.1 Å². The molecule has 0 aromatic heterocycles. The van der Waals surface area contributed by atoms with Crippen molar-refractivity contribution in [3.05, 3.63) is 35.6 Å². The Kier molecular flexibility index (Phi) is 6.50. The van der Waals surface area contributed by atoms with E-state index in [1.807, 2.05) is 6.07 Å². The molecule has 102 valence electrons. The van der Waals surface area contributed by atoms with Crippen LogP contribution in [0.3, 0.4) is 0 Å². The van der Waals surface area contributed by atoms with E-state index in [4.69, 9.17) is 0 Å². The minimum absolute atomic E-state index is 0.154. The Morgan fingerprint density at radius 2 is 2.17 bits per heavy atom. The fourth-order valence-corrected chi connectivity index (χ4v) is 2.63. The van der Waals surface area contributed by atoms with Gasteiger partial charge in [-0.25, -0.2) is 4.39 Å². The van der Waals surface area contributed by atoms with Crippen molar-refractivity contribution in [3.8, 4) is 0 Å². The van der Waals surface area contributed by atoms with Gasteiger partial charge in [0.25, 0.3) is 0 Å². The normalized spacial score (nSPS) is 16.2. The lowest BCUT2D eigenvalue weighted by atomic mass is 10.0. The number of halogens is 1. The van der Waals surface area contributed by atoms with Gasteiger partial charge in [-0.15, -0.1) is 0 Å². The molecule has 1 aromatic rings. The molecular formula is C14H22FNOS. The molecule has 0 spiro atoms. The van der Waals surface area contributed by atoms with E-state index in [-0.39, 0.29) is 17.9 Å². The summed E-state index contributed by atoms with van der Waals surface area (Å²) in [5.74, 6) is 0.503. The zero-order valence-electron chi connectivity index (χ0n) is 11.3. The van der Waals surface area contributed by atoms with Crippen LogP contribution >= 0.6 is 0 Å². The van der Waals surface area contributed by atoms with E-state index in [0.717, 1.165) is 18.4 Å². The minimum atomic E-state index is -0.751. The fraction of sp³-hybridized carbons (Fsp3) is 0.571. The molecule has 0 aliphatic heterocycles. The first-order chi connectivity index (χ1) is 8.52. The molecule has 1 N–H and O–H groups in total. The zero-order chi connectivity index (χ0) is 13.5. The van der Waals surface area contributed by atoms with E-state index in [1.165, 1.54) is 6.07 Å². The standard InChI is InChI=1S/C14H22FNOS/c1-4-14(12-6-5-7-13(15)10-12)16-11(2)8-9-18(3)17/h5-7,10-11,14,16H,4,8-9H2,1-3H3. The molecule has 3 unspecified atom stereocenters. The van der Waals surface area contributed by atoms with Crippen LogP contribution in [-0.4, -0.2) is 22.3 Å². The lowest BCUT2D eigenvalue weighted by Crippen LogP contribution is -2.31. The van der Waals surface area contributed by atoms with Crippen LogP contribution in [0.25, 0.3) is 0 Å². The van der Waals surface area contributed by atoms with Crippen molar-refractivity contribution in [1.29, 1.82) is 0 Å². The van der Waals surface area contributed by atoms with E-state index in [1.54, 1.807) is 18.4 Å². The molecule has 4 heteroatoms. The van der Waals surface area contributed by atoms with Crippen molar-refractivity contribution in [1.82, 2.24) is 5.32 Å². The van der Waals surface area contributed by atoms with Gasteiger partial charge >= 0.3 is 0 Å². The summed E-state index contributed by atoms with van der Waals surface area (Å²) >= 11 is 0. The first-order valence-electron chi connectivity index (χ1n) is 6.34. The van der Waals surface area contributed by atoms with Crippen LogP contribution in [0.15, 0.2) is 24.3 Å². The molecule has 0 aliphatic carbocycles. The molecule has 0 saturated carbocycles. The number of nitrogens with one attached hydrogen (secondary N) is 1. The highest BCUT2D eigenvalue weighted by Crippen LogP contribution is 2.18. The van der Waals surface area contributed by atoms with Crippen molar-refractivity contribution >= 4 is 10.8 Å². The third kappa shape index (κ3) is 5.27. The maximum atomic E-state index is 13.2. The quantitative estimate of drug-likeness (QED) is 0.826. The summed E-state index contributed by atoms with van der Waals surface area (Å²) in [4.78, 5) is 0. The Bertz CT molecular complexity index is 397. The first-order valence-corrected chi connectivity index (χ1v) is 8.07. The average Bonchev–Trinajstić information content (AvgIpc) is 2.33. The summed E-state index contributed by atoms with van der Waals surface area (Å²) in [5.41, 5.74) is 0.974. The second kappa shape index (κ2) is 7.64. The molecular weight excluding hydrogens is 249 g/mol. The van der Waals surface area contributed by atoms with Gasteiger partial charge in [-0.3, -0.25) is 4.21 Å². The summed E-state index contributed by atoms with van der Waals surface area (Å²) in [7, 11) is -0.751. The summed E-state index contributed by atoms with van der Waals surface area (Å²) in [6.07, 6.45) is 3.49. The monoisotopic (exact) mass is 271 g/mol. The van der Waals surface area contributed by atoms with Gasteiger partial charge in [0.2, 0.25) is 0 Å². The molecule has 2 nitrogen and oxygen atoms in total. The van der Waals surface area contributed by atoms with E-state index in [9.17, 15) is 8.60 Å². The van der Waals surface area contributed by atoms with Gasteiger partial charge in [0, 0.05) is 34.9 Å². The van der Waals surface area contributed by atoms with E-state index in [2.05, 4.69) is 19.2 Å². The van der Waals surface area contributed by atoms with Crippen LogP contribution in [0, 0.1) is 5.82 Å². The predicted molar refractivity (Wildman–Crippen MR) is 75.6 cm³/mol. The zero-order valence-corrected chi connectivity index (χ0v) is 12.1. The van der Waals surface area contributed by atoms with Crippen LogP contribution in [0.2, 0.25) is 0 Å². The first kappa shape index (κ1) is 15.3. The molecule has 0 aliphatic rings. The van der Waals surface area contributed by atoms with Gasteiger partial charge < -0.3 is 5.32 Å². The number of hydrogen-bond acceptors (Lipinski definition) is 2. The second-order valence-electron chi connectivity index (χ2n) is 4.65. The molecule has 0 saturated heterocycles. The fourth-order valence-electron chi connectivity index (χ4n) is 1.94. The Labute approximate surface area is 111 Å². The number of rotatable bonds is 7. The lowest BCUT2D eigenvalue weighted by Gasteiger charge is -2.22. The predicted octanol–water partition coefficient (Wildman–Crippen LogP) is 3.02. The number of hydrogen-bond donors (Lipinski definition) is 1. The van der Waals surface area contributed by atoms with Crippen molar-refractivity contribution in [2.75, 3.05) is 12.0 Å². The van der Waals surface area contributed by atoms with Crippen LogP contribution in [-0.2, 0) is 10.8 Å². The van der Waals surface area contributed by atoms with Gasteiger partial charge in [0.05, 0.1) is 0 Å². The molecule has 0 radical (unpaired) electrons. The Balaban J connectivity index is 2.59. The molecule has 3 atom stereocenters. The minimum Gasteiger partial charge on any atom is -0.307 e. The summed E-state index contributed by atoms with van der Waals surface area (Å²) in [6, 6.07) is 7.14. The van der Waals surface area contributed by atoms with Crippen molar-refractivity contribution < 1.29 is 8.60 Å². The molecule has 1 rings (SSSR count). The highest BCUT2D eigenvalue weighted by molar-refractivity contribution is 7.84. The van der Waals surface area contributed by atoms with Crippen molar-refractivity contribution in [2.45, 2.75) is 38.8 Å². The average molecular weight is 271 g/mol. The van der Waals surface area contributed by atoms with Crippen LogP contribution < -0.4 is 5.32 Å². The van der Waals surface area contributed by atoms with Crippen molar-refractivity contribution in [2.24, 2.45) is 0 Å². The summed E-state index contributed by atoms with van der Waals surface area (Å²) in [5, 5.41) is 3.46. The Morgan fingerprint density at radius 3 is 2.72 bits per heavy atom. The smallest absolute Gasteiger partial charge is 0.123 e. The third-order valence-corrected chi connectivity index (χ3v) is 3.79. The van der Waals surface area contributed by atoms with Crippen LogP contribution in [0.1, 0.15) is 38.3 Å². The van der Waals surface area contributed by atoms with Crippen LogP contribution in [0.5, 0.6) is 0 Å². The van der Waals surface area contributed by atoms with Gasteiger partial charge in [-0.05, 0) is 37.5 Å². The highest BCUT2D eigenvalue weighted by Gasteiger charge is 2.13. The van der Waals surface area contributed by atoms with Crippen LogP contribution in [0.4, 0.5) is 4.39 Å². The topological polar surface area (TPSA) is 29.1 Å². The van der Waals surface area contributed by atoms with Gasteiger partial charge in [0.15, 0.2) is 0 Å². The van der Waals surface area contributed by atoms with E-state index >= 15 is 0 Å². The van der Waals surface area contributed by atoms with E-state index in [0.29, 0.717) is 5.75 Å². The highest BCUT2D eigenvalue weighted by atomic mass is 32.2. The number of benzene rings is 1. The van der Waals surface area contributed by atoms with E-state index < -0.39 is 10.8 Å². The Hall–Kier alpha value is -0.740. The SMILES string of the molecule is CCC(NC(C)CCS(C)=O)c1cccc(F)c1. The van der Waals surface area contributed by atoms with Crippen molar-refractivity contribution in [3.63, 3.8) is 0 Å². The molecule has 0 bridgehead atoms. The Morgan fingerprint density at radius 1 is 1.44 bits per heavy atom. The van der Waals surface area contributed by atoms with Gasteiger partial charge in [-0.2, -0.15) is 0 Å². The summed E-state index contributed by atoms with van der Waals surface area (Å²) < 4.78 is 24.2. The molecule has 0 heterocycles. The second-order valence-corrected chi connectivity index (χ2v) is 6.20. The molecule has 0 amide bonds. The van der Waals surface area contributed by atoms with Gasteiger partial charge in [0.1, 0.15) is 5.82 Å². The maximum Gasteiger partial charge on any atom is 0.123 e. The lowest BCUT2D eigenvalue weighted by molar-refractivity contribution is 0.437. The molecule has 18 heavy (non-hydrogen) atoms. The molecule has 0 fully saturated rings. The third-order valence-electron chi connectivity index (χ3n) is 2.98. The summed E-state index contributed by atoms with van der Waals surface area (Å²) in [6.45, 7) is 4.15. The largest absolute Gasteiger partial charge is 0.307 e. The maximum absolute atomic E-state index is 13.2. The molecule has 1 aromatic carbocycles.